The van der Waals surface area contributed by atoms with Gasteiger partial charge in [0.05, 0.1) is 16.7 Å². The van der Waals surface area contributed by atoms with E-state index in [9.17, 15) is 4.79 Å². The highest BCUT2D eigenvalue weighted by Gasteiger charge is 2.04. The molecule has 1 amide bonds. The maximum atomic E-state index is 11.7. The molecule has 0 bridgehead atoms. The van der Waals surface area contributed by atoms with Crippen LogP contribution >= 0.6 is 0 Å². The van der Waals surface area contributed by atoms with E-state index < -0.39 is 0 Å². The zero-order valence-corrected chi connectivity index (χ0v) is 17.2. The second kappa shape index (κ2) is 9.55. The third kappa shape index (κ3) is 4.87. The van der Waals surface area contributed by atoms with Gasteiger partial charge < -0.3 is 10.6 Å². The number of carbonyl (C=O) groups excluding carboxylic acids is 1. The summed E-state index contributed by atoms with van der Waals surface area (Å²) in [4.78, 5) is 16.4. The maximum Gasteiger partial charge on any atom is 0.255 e. The monoisotopic (exact) mass is 405 g/mol. The molecular formula is C27H23N3O. The summed E-state index contributed by atoms with van der Waals surface area (Å²) in [6.07, 6.45) is 0. The Kier molecular flexibility index (Phi) is 6.19. The van der Waals surface area contributed by atoms with Crippen LogP contribution in [0, 0.1) is 0 Å². The minimum absolute atomic E-state index is 0.0817. The molecule has 0 fully saturated rings. The topological polar surface area (TPSA) is 54.0 Å². The third-order valence-electron chi connectivity index (χ3n) is 4.88. The number of nitrogens with one attached hydrogen (secondary N) is 2. The first kappa shape index (κ1) is 20.1. The lowest BCUT2D eigenvalue weighted by molar-refractivity contribution is 0.102. The van der Waals surface area contributed by atoms with Crippen molar-refractivity contribution in [3.63, 3.8) is 0 Å². The molecule has 0 atom stereocenters. The van der Waals surface area contributed by atoms with Crippen LogP contribution in [0.3, 0.4) is 0 Å². The number of aromatic nitrogens is 1. The number of rotatable bonds is 3. The maximum absolute atomic E-state index is 11.7. The van der Waals surface area contributed by atoms with Crippen LogP contribution in [0.5, 0.6) is 0 Å². The summed E-state index contributed by atoms with van der Waals surface area (Å²) < 4.78 is 0. The van der Waals surface area contributed by atoms with Crippen LogP contribution < -0.4 is 10.6 Å². The number of para-hydroxylation sites is 3. The molecule has 2 N–H and O–H groups in total. The number of fused-ring (bicyclic) bond motifs is 2. The van der Waals surface area contributed by atoms with E-state index in [1.54, 1.807) is 12.1 Å². The number of nitrogens with zero attached hydrogens (tertiary/aromatic N) is 1. The van der Waals surface area contributed by atoms with Gasteiger partial charge in [0.2, 0.25) is 0 Å². The minimum Gasteiger partial charge on any atom is -0.386 e. The lowest BCUT2D eigenvalue weighted by Gasteiger charge is -2.06. The van der Waals surface area contributed by atoms with Gasteiger partial charge in [0.25, 0.3) is 5.91 Å². The first-order valence-electron chi connectivity index (χ1n) is 10.1. The number of amides is 1. The van der Waals surface area contributed by atoms with E-state index in [1.807, 2.05) is 85.9 Å². The number of carbonyl (C=O) groups is 1. The van der Waals surface area contributed by atoms with Crippen molar-refractivity contribution < 1.29 is 4.79 Å². The largest absolute Gasteiger partial charge is 0.386 e. The van der Waals surface area contributed by atoms with Crippen molar-refractivity contribution in [3.8, 4) is 0 Å². The fraction of sp³-hybridized carbons (Fsp3) is 0.0370. The summed E-state index contributed by atoms with van der Waals surface area (Å²) in [5.41, 5.74) is 4.62. The Morgan fingerprint density at radius 1 is 0.710 bits per heavy atom. The summed E-state index contributed by atoms with van der Waals surface area (Å²) in [6, 6.07) is 35.1. The molecule has 152 valence electrons. The normalized spacial score (nSPS) is 10.2. The molecule has 1 aromatic heterocycles. The van der Waals surface area contributed by atoms with Gasteiger partial charge >= 0.3 is 0 Å². The van der Waals surface area contributed by atoms with E-state index in [0.29, 0.717) is 5.56 Å². The molecule has 0 aliphatic carbocycles. The van der Waals surface area contributed by atoms with Gasteiger partial charge in [0.15, 0.2) is 0 Å². The van der Waals surface area contributed by atoms with Gasteiger partial charge in [-0.05, 0) is 42.5 Å². The molecule has 4 heteroatoms. The Balaban J connectivity index is 0.000000150. The highest BCUT2D eigenvalue weighted by atomic mass is 16.1. The molecule has 0 saturated heterocycles. The molecule has 1 heterocycles. The SMILES string of the molecule is CNc1cccc2cc3ccccc3nc12.O=C(Nc1ccccc1)c1ccccc1. The van der Waals surface area contributed by atoms with Gasteiger partial charge in [0.1, 0.15) is 0 Å². The molecule has 5 aromatic rings. The summed E-state index contributed by atoms with van der Waals surface area (Å²) in [6.45, 7) is 0. The van der Waals surface area contributed by atoms with Crippen molar-refractivity contribution in [2.75, 3.05) is 17.7 Å². The highest BCUT2D eigenvalue weighted by Crippen LogP contribution is 2.24. The second-order valence-corrected chi connectivity index (χ2v) is 6.99. The van der Waals surface area contributed by atoms with Crippen LogP contribution in [-0.2, 0) is 0 Å². The smallest absolute Gasteiger partial charge is 0.255 e. The summed E-state index contributed by atoms with van der Waals surface area (Å²) in [7, 11) is 1.92. The van der Waals surface area contributed by atoms with Crippen molar-refractivity contribution in [2.24, 2.45) is 0 Å². The molecule has 0 aliphatic rings. The fourth-order valence-electron chi connectivity index (χ4n) is 3.32. The quantitative estimate of drug-likeness (QED) is 0.343. The molecule has 0 saturated carbocycles. The third-order valence-corrected chi connectivity index (χ3v) is 4.88. The lowest BCUT2D eigenvalue weighted by Crippen LogP contribution is -2.11. The molecule has 5 rings (SSSR count). The average Bonchev–Trinajstić information content (AvgIpc) is 2.84. The molecule has 0 spiro atoms. The van der Waals surface area contributed by atoms with E-state index in [4.69, 9.17) is 0 Å². The number of hydrogen-bond donors (Lipinski definition) is 2. The van der Waals surface area contributed by atoms with Gasteiger partial charge in [-0.1, -0.05) is 66.7 Å². The van der Waals surface area contributed by atoms with E-state index in [-0.39, 0.29) is 5.91 Å². The number of benzene rings is 4. The highest BCUT2D eigenvalue weighted by molar-refractivity contribution is 6.04. The number of pyridine rings is 1. The average molecular weight is 406 g/mol. The van der Waals surface area contributed by atoms with E-state index in [1.165, 1.54) is 10.8 Å². The number of hydrogen-bond acceptors (Lipinski definition) is 3. The summed E-state index contributed by atoms with van der Waals surface area (Å²) in [5.74, 6) is -0.0817. The Labute approximate surface area is 181 Å². The van der Waals surface area contributed by atoms with E-state index in [0.717, 1.165) is 22.4 Å². The molecule has 0 unspecified atom stereocenters. The van der Waals surface area contributed by atoms with Crippen molar-refractivity contribution in [1.29, 1.82) is 0 Å². The zero-order valence-electron chi connectivity index (χ0n) is 17.2. The van der Waals surface area contributed by atoms with Crippen LogP contribution in [0.25, 0.3) is 21.8 Å². The summed E-state index contributed by atoms with van der Waals surface area (Å²) >= 11 is 0. The van der Waals surface area contributed by atoms with Crippen molar-refractivity contribution in [2.45, 2.75) is 0 Å². The standard InChI is InChI=1S/C14H12N2.C13H11NO/c1-15-13-8-4-6-11-9-10-5-2-3-7-12(10)16-14(11)13;15-13(11-7-3-1-4-8-11)14-12-9-5-2-6-10-12/h2-9,15H,1H3;1-10H,(H,14,15). The van der Waals surface area contributed by atoms with Gasteiger partial charge in [-0.25, -0.2) is 4.98 Å². The first-order valence-corrected chi connectivity index (χ1v) is 10.1. The zero-order chi connectivity index (χ0) is 21.5. The molecule has 4 aromatic carbocycles. The van der Waals surface area contributed by atoms with Crippen molar-refractivity contribution in [3.05, 3.63) is 115 Å². The van der Waals surface area contributed by atoms with Crippen LogP contribution in [0.15, 0.2) is 109 Å². The Bertz CT molecular complexity index is 1300. The van der Waals surface area contributed by atoms with Crippen LogP contribution in [-0.4, -0.2) is 17.9 Å². The predicted molar refractivity (Wildman–Crippen MR) is 130 cm³/mol. The van der Waals surface area contributed by atoms with E-state index in [2.05, 4.69) is 33.8 Å². The Morgan fingerprint density at radius 3 is 2.10 bits per heavy atom. The van der Waals surface area contributed by atoms with Gasteiger partial charge in [-0.15, -0.1) is 0 Å². The van der Waals surface area contributed by atoms with E-state index >= 15 is 0 Å². The molecule has 4 nitrogen and oxygen atoms in total. The lowest BCUT2D eigenvalue weighted by atomic mass is 10.1. The second-order valence-electron chi connectivity index (χ2n) is 6.99. The number of anilines is 2. The molecule has 0 aliphatic heterocycles. The van der Waals surface area contributed by atoms with Crippen LogP contribution in [0.2, 0.25) is 0 Å². The van der Waals surface area contributed by atoms with Crippen molar-refractivity contribution in [1.82, 2.24) is 4.98 Å². The molecule has 0 radical (unpaired) electrons. The van der Waals surface area contributed by atoms with Crippen LogP contribution in [0.1, 0.15) is 10.4 Å². The molecular weight excluding hydrogens is 382 g/mol. The Hall–Kier alpha value is -4.18. The summed E-state index contributed by atoms with van der Waals surface area (Å²) in [5, 5.41) is 8.35. The fourth-order valence-corrected chi connectivity index (χ4v) is 3.32. The van der Waals surface area contributed by atoms with Gasteiger partial charge in [0, 0.05) is 29.1 Å². The molecule has 31 heavy (non-hydrogen) atoms. The Morgan fingerprint density at radius 2 is 1.35 bits per heavy atom. The first-order chi connectivity index (χ1) is 15.2. The minimum atomic E-state index is -0.0817. The van der Waals surface area contributed by atoms with Gasteiger partial charge in [-0.3, -0.25) is 4.79 Å². The van der Waals surface area contributed by atoms with Crippen molar-refractivity contribution >= 4 is 39.1 Å². The van der Waals surface area contributed by atoms with Gasteiger partial charge in [-0.2, -0.15) is 0 Å². The van der Waals surface area contributed by atoms with Crippen LogP contribution in [0.4, 0.5) is 11.4 Å². The predicted octanol–water partition coefficient (Wildman–Crippen LogP) is 6.37.